The van der Waals surface area contributed by atoms with Crippen molar-refractivity contribution < 1.29 is 19.1 Å². The van der Waals surface area contributed by atoms with E-state index in [1.807, 2.05) is 0 Å². The number of hydrogen-bond acceptors (Lipinski definition) is 7. The summed E-state index contributed by atoms with van der Waals surface area (Å²) in [5.41, 5.74) is 0. The molecule has 1 amide bonds. The van der Waals surface area contributed by atoms with Crippen LogP contribution < -0.4 is 5.32 Å². The molecule has 0 radical (unpaired) electrons. The second-order valence-electron chi connectivity index (χ2n) is 2.03. The van der Waals surface area contributed by atoms with Gasteiger partial charge in [0, 0.05) is 11.5 Å². The van der Waals surface area contributed by atoms with Gasteiger partial charge in [-0.2, -0.15) is 9.36 Å². The van der Waals surface area contributed by atoms with E-state index in [1.54, 1.807) is 0 Å². The van der Waals surface area contributed by atoms with Crippen molar-refractivity contribution >= 4 is 28.7 Å². The van der Waals surface area contributed by atoms with Crippen molar-refractivity contribution in [3.05, 3.63) is 5.82 Å². The number of aromatic nitrogens is 2. The molecule has 14 heavy (non-hydrogen) atoms. The standard InChI is InChI=1S/C6H7N3O4S/c1-12-4(10)3-7-5(14-9-3)8-6(11)13-2/h1-2H3,(H,7,8,9,11). The van der Waals surface area contributed by atoms with Gasteiger partial charge in [0.15, 0.2) is 0 Å². The maximum absolute atomic E-state index is 10.9. The van der Waals surface area contributed by atoms with Crippen molar-refractivity contribution in [1.29, 1.82) is 0 Å². The number of esters is 1. The minimum atomic E-state index is -0.669. The van der Waals surface area contributed by atoms with Crippen molar-refractivity contribution in [1.82, 2.24) is 9.36 Å². The third-order valence-electron chi connectivity index (χ3n) is 1.19. The normalized spacial score (nSPS) is 9.29. The number of amides is 1. The Balaban J connectivity index is 2.68. The van der Waals surface area contributed by atoms with E-state index in [-0.39, 0.29) is 11.0 Å². The Morgan fingerprint density at radius 3 is 2.64 bits per heavy atom. The topological polar surface area (TPSA) is 90.4 Å². The van der Waals surface area contributed by atoms with Gasteiger partial charge >= 0.3 is 12.1 Å². The molecule has 1 N–H and O–H groups in total. The molecule has 76 valence electrons. The zero-order valence-electron chi connectivity index (χ0n) is 7.44. The molecule has 8 heteroatoms. The molecule has 1 aromatic rings. The number of methoxy groups -OCH3 is 2. The second-order valence-corrected chi connectivity index (χ2v) is 2.78. The molecule has 0 bridgehead atoms. The third kappa shape index (κ3) is 2.39. The Morgan fingerprint density at radius 2 is 2.07 bits per heavy atom. The first-order valence-corrected chi connectivity index (χ1v) is 4.21. The summed E-state index contributed by atoms with van der Waals surface area (Å²) in [5, 5.41) is 2.44. The van der Waals surface area contributed by atoms with E-state index in [0.717, 1.165) is 11.5 Å². The lowest BCUT2D eigenvalue weighted by Gasteiger charge is -1.96. The van der Waals surface area contributed by atoms with Gasteiger partial charge < -0.3 is 9.47 Å². The van der Waals surface area contributed by atoms with Gasteiger partial charge in [0.25, 0.3) is 5.82 Å². The monoisotopic (exact) mass is 217 g/mol. The molecule has 0 unspecified atom stereocenters. The summed E-state index contributed by atoms with van der Waals surface area (Å²) in [6.45, 7) is 0. The fourth-order valence-corrected chi connectivity index (χ4v) is 1.13. The predicted molar refractivity (Wildman–Crippen MR) is 47.3 cm³/mol. The number of nitrogens with zero attached hydrogens (tertiary/aromatic N) is 2. The Hall–Kier alpha value is -1.70. The molecule has 0 saturated carbocycles. The minimum Gasteiger partial charge on any atom is -0.463 e. The van der Waals surface area contributed by atoms with Crippen LogP contribution in [0.15, 0.2) is 0 Å². The number of rotatable bonds is 2. The molecule has 1 aromatic heterocycles. The maximum Gasteiger partial charge on any atom is 0.413 e. The van der Waals surface area contributed by atoms with Crippen molar-refractivity contribution in [2.45, 2.75) is 0 Å². The quantitative estimate of drug-likeness (QED) is 0.725. The average molecular weight is 217 g/mol. The molecule has 0 spiro atoms. The van der Waals surface area contributed by atoms with Gasteiger partial charge in [-0.1, -0.05) is 0 Å². The van der Waals surface area contributed by atoms with Crippen LogP contribution in [-0.2, 0) is 9.47 Å². The molecular weight excluding hydrogens is 210 g/mol. The summed E-state index contributed by atoms with van der Waals surface area (Å²) in [5.74, 6) is -0.747. The molecule has 1 rings (SSSR count). The molecule has 0 atom stereocenters. The number of anilines is 1. The zero-order valence-corrected chi connectivity index (χ0v) is 8.25. The van der Waals surface area contributed by atoms with Crippen LogP contribution in [0.2, 0.25) is 0 Å². The molecule has 0 saturated heterocycles. The number of carbonyl (C=O) groups is 2. The Morgan fingerprint density at radius 1 is 1.36 bits per heavy atom. The van der Waals surface area contributed by atoms with E-state index in [9.17, 15) is 9.59 Å². The number of ether oxygens (including phenoxy) is 2. The molecule has 0 aliphatic rings. The average Bonchev–Trinajstić information content (AvgIpc) is 2.65. The van der Waals surface area contributed by atoms with Crippen LogP contribution in [0, 0.1) is 0 Å². The van der Waals surface area contributed by atoms with Crippen LogP contribution in [0.4, 0.5) is 9.93 Å². The van der Waals surface area contributed by atoms with Crippen LogP contribution in [0.25, 0.3) is 0 Å². The van der Waals surface area contributed by atoms with Gasteiger partial charge in [-0.05, 0) is 0 Å². The minimum absolute atomic E-state index is 0.0936. The van der Waals surface area contributed by atoms with Crippen molar-refractivity contribution in [2.24, 2.45) is 0 Å². The predicted octanol–water partition coefficient (Wildman–Crippen LogP) is 0.503. The lowest BCUT2D eigenvalue weighted by molar-refractivity contribution is 0.0588. The second kappa shape index (κ2) is 4.51. The summed E-state index contributed by atoms with van der Waals surface area (Å²) in [6.07, 6.45) is -0.669. The van der Waals surface area contributed by atoms with Crippen molar-refractivity contribution in [2.75, 3.05) is 19.5 Å². The lowest BCUT2D eigenvalue weighted by atomic mass is 10.6. The molecular formula is C6H7N3O4S. The number of nitrogens with one attached hydrogen (secondary N) is 1. The number of carbonyl (C=O) groups excluding carboxylic acids is 2. The van der Waals surface area contributed by atoms with E-state index in [0.29, 0.717) is 0 Å². The first-order valence-electron chi connectivity index (χ1n) is 3.44. The number of hydrogen-bond donors (Lipinski definition) is 1. The highest BCUT2D eigenvalue weighted by Gasteiger charge is 2.14. The summed E-state index contributed by atoms with van der Waals surface area (Å²) < 4.78 is 12.4. The van der Waals surface area contributed by atoms with Gasteiger partial charge in [-0.3, -0.25) is 5.32 Å². The van der Waals surface area contributed by atoms with Gasteiger partial charge in [-0.15, -0.1) is 0 Å². The van der Waals surface area contributed by atoms with Crippen LogP contribution in [-0.4, -0.2) is 35.6 Å². The van der Waals surface area contributed by atoms with Gasteiger partial charge in [0.2, 0.25) is 5.13 Å². The Labute approximate surface area is 83.2 Å². The van der Waals surface area contributed by atoms with Crippen LogP contribution in [0.1, 0.15) is 10.6 Å². The fourth-order valence-electron chi connectivity index (χ4n) is 0.587. The first kappa shape index (κ1) is 10.4. The smallest absolute Gasteiger partial charge is 0.413 e. The summed E-state index contributed by atoms with van der Waals surface area (Å²) in [6, 6.07) is 0. The Bertz CT molecular complexity index is 351. The fraction of sp³-hybridized carbons (Fsp3) is 0.333. The van der Waals surface area contributed by atoms with E-state index in [2.05, 4.69) is 24.1 Å². The van der Waals surface area contributed by atoms with Gasteiger partial charge in [-0.25, -0.2) is 9.59 Å². The molecule has 0 aliphatic heterocycles. The van der Waals surface area contributed by atoms with Crippen molar-refractivity contribution in [3.63, 3.8) is 0 Å². The summed E-state index contributed by atoms with van der Waals surface area (Å²) in [4.78, 5) is 25.3. The molecule has 1 heterocycles. The molecule has 0 aromatic carbocycles. The van der Waals surface area contributed by atoms with Crippen LogP contribution in [0.3, 0.4) is 0 Å². The van der Waals surface area contributed by atoms with E-state index in [1.165, 1.54) is 14.2 Å². The highest BCUT2D eigenvalue weighted by atomic mass is 32.1. The highest BCUT2D eigenvalue weighted by Crippen LogP contribution is 2.11. The first-order chi connectivity index (χ1) is 6.67. The summed E-state index contributed by atoms with van der Waals surface area (Å²) >= 11 is 0.863. The molecule has 0 aliphatic carbocycles. The SMILES string of the molecule is COC(=O)Nc1nc(C(=O)OC)ns1. The highest BCUT2D eigenvalue weighted by molar-refractivity contribution is 7.10. The Kier molecular flexibility index (Phi) is 3.35. The summed E-state index contributed by atoms with van der Waals surface area (Å²) in [7, 11) is 2.44. The van der Waals surface area contributed by atoms with E-state index in [4.69, 9.17) is 0 Å². The van der Waals surface area contributed by atoms with Gasteiger partial charge in [0.05, 0.1) is 14.2 Å². The third-order valence-corrected chi connectivity index (χ3v) is 1.82. The van der Waals surface area contributed by atoms with E-state index >= 15 is 0 Å². The van der Waals surface area contributed by atoms with Crippen LogP contribution in [0.5, 0.6) is 0 Å². The van der Waals surface area contributed by atoms with Gasteiger partial charge in [0.1, 0.15) is 0 Å². The lowest BCUT2D eigenvalue weighted by Crippen LogP contribution is -2.11. The maximum atomic E-state index is 10.9. The van der Waals surface area contributed by atoms with E-state index < -0.39 is 12.1 Å². The largest absolute Gasteiger partial charge is 0.463 e. The molecule has 0 fully saturated rings. The molecule has 7 nitrogen and oxygen atoms in total. The van der Waals surface area contributed by atoms with Crippen LogP contribution >= 0.6 is 11.5 Å². The van der Waals surface area contributed by atoms with Crippen molar-refractivity contribution in [3.8, 4) is 0 Å². The zero-order chi connectivity index (χ0) is 10.6.